The van der Waals surface area contributed by atoms with Crippen LogP contribution in [0.3, 0.4) is 0 Å². The summed E-state index contributed by atoms with van der Waals surface area (Å²) in [4.78, 5) is 2.54. The van der Waals surface area contributed by atoms with Crippen LogP contribution in [-0.2, 0) is 0 Å². The molecule has 0 aliphatic heterocycles. The second-order valence-corrected chi connectivity index (χ2v) is 2.39. The Hall–Kier alpha value is -1.38. The van der Waals surface area contributed by atoms with Gasteiger partial charge in [0.25, 0.3) is 0 Å². The zero-order valence-corrected chi connectivity index (χ0v) is 6.90. The zero-order valence-electron chi connectivity index (χ0n) is 6.14. The first-order valence-electron chi connectivity index (χ1n) is 3.22. The summed E-state index contributed by atoms with van der Waals surface area (Å²) in [5, 5.41) is 3.86. The summed E-state index contributed by atoms with van der Waals surface area (Å²) >= 11 is 5.64. The van der Waals surface area contributed by atoms with Crippen molar-refractivity contribution in [2.45, 2.75) is 0 Å². The molecular weight excluding hydrogens is 178 g/mol. The summed E-state index contributed by atoms with van der Waals surface area (Å²) in [7, 11) is 0. The van der Waals surface area contributed by atoms with E-state index in [1.807, 2.05) is 0 Å². The van der Waals surface area contributed by atoms with Gasteiger partial charge < -0.3 is 4.74 Å². The van der Waals surface area contributed by atoms with Gasteiger partial charge in [0.15, 0.2) is 6.73 Å². The number of nitrogens with zero attached hydrogens (tertiary/aromatic N) is 3. The van der Waals surface area contributed by atoms with E-state index in [0.717, 1.165) is 0 Å². The Balaban J connectivity index is 2.53. The second-order valence-electron chi connectivity index (χ2n) is 1.96. The van der Waals surface area contributed by atoms with Crippen LogP contribution in [-0.4, -0.2) is 6.73 Å². The number of ether oxygens (including phenoxy) is 1. The average Bonchev–Trinajstić information content (AvgIpc) is 2.09. The van der Waals surface area contributed by atoms with Gasteiger partial charge in [-0.15, -0.1) is 0 Å². The molecule has 0 radical (unpaired) electrons. The van der Waals surface area contributed by atoms with Crippen LogP contribution in [0.4, 0.5) is 0 Å². The maximum Gasteiger partial charge on any atom is 0.167 e. The molecule has 4 nitrogen and oxygen atoms in total. The zero-order chi connectivity index (χ0) is 8.81. The molecule has 0 N–H and O–H groups in total. The van der Waals surface area contributed by atoms with Crippen molar-refractivity contribution in [1.29, 1.82) is 0 Å². The molecule has 0 atom stereocenters. The van der Waals surface area contributed by atoms with Crippen LogP contribution < -0.4 is 4.74 Å². The van der Waals surface area contributed by atoms with Gasteiger partial charge in [-0.05, 0) is 29.8 Å². The summed E-state index contributed by atoms with van der Waals surface area (Å²) in [5.41, 5.74) is 7.95. The predicted octanol–water partition coefficient (Wildman–Crippen LogP) is 2.99. The van der Waals surface area contributed by atoms with Crippen molar-refractivity contribution in [2.75, 3.05) is 6.73 Å². The lowest BCUT2D eigenvalue weighted by Gasteiger charge is -2.00. The molecule has 12 heavy (non-hydrogen) atoms. The van der Waals surface area contributed by atoms with Crippen molar-refractivity contribution in [3.63, 3.8) is 0 Å². The van der Waals surface area contributed by atoms with Crippen LogP contribution in [0.25, 0.3) is 10.4 Å². The first-order chi connectivity index (χ1) is 5.83. The Labute approximate surface area is 74.3 Å². The minimum absolute atomic E-state index is 0.00185. The molecule has 1 aromatic carbocycles. The molecular formula is C7H6ClN3O. The number of azide groups is 1. The largest absolute Gasteiger partial charge is 0.488 e. The van der Waals surface area contributed by atoms with Crippen LogP contribution in [0.1, 0.15) is 0 Å². The van der Waals surface area contributed by atoms with Crippen LogP contribution >= 0.6 is 11.6 Å². The monoisotopic (exact) mass is 183 g/mol. The molecule has 0 bridgehead atoms. The third-order valence-electron chi connectivity index (χ3n) is 1.17. The van der Waals surface area contributed by atoms with Crippen LogP contribution in [0.15, 0.2) is 29.4 Å². The Morgan fingerprint density at radius 1 is 1.42 bits per heavy atom. The summed E-state index contributed by atoms with van der Waals surface area (Å²) in [5.74, 6) is 0.631. The van der Waals surface area contributed by atoms with Gasteiger partial charge >= 0.3 is 0 Å². The highest BCUT2D eigenvalue weighted by Gasteiger charge is 1.90. The van der Waals surface area contributed by atoms with Crippen molar-refractivity contribution in [3.8, 4) is 5.75 Å². The van der Waals surface area contributed by atoms with E-state index < -0.39 is 0 Å². The molecule has 5 heteroatoms. The molecule has 0 aromatic heterocycles. The molecule has 0 aliphatic carbocycles. The fourth-order valence-electron chi connectivity index (χ4n) is 0.660. The Kier molecular flexibility index (Phi) is 3.26. The highest BCUT2D eigenvalue weighted by molar-refractivity contribution is 6.30. The lowest BCUT2D eigenvalue weighted by Crippen LogP contribution is -1.91. The number of benzene rings is 1. The molecule has 0 saturated carbocycles. The molecule has 0 amide bonds. The van der Waals surface area contributed by atoms with E-state index in [-0.39, 0.29) is 6.73 Å². The van der Waals surface area contributed by atoms with E-state index in [2.05, 4.69) is 10.0 Å². The van der Waals surface area contributed by atoms with Gasteiger partial charge in [0.05, 0.1) is 0 Å². The minimum Gasteiger partial charge on any atom is -0.488 e. The third kappa shape index (κ3) is 2.70. The number of halogens is 1. The summed E-state index contributed by atoms with van der Waals surface area (Å²) in [6, 6.07) is 6.81. The molecule has 62 valence electrons. The van der Waals surface area contributed by atoms with Gasteiger partial charge in [-0.3, -0.25) is 0 Å². The quantitative estimate of drug-likeness (QED) is 0.404. The van der Waals surface area contributed by atoms with Gasteiger partial charge in [-0.1, -0.05) is 16.7 Å². The van der Waals surface area contributed by atoms with E-state index in [1.165, 1.54) is 0 Å². The Bertz CT molecular complexity index is 292. The van der Waals surface area contributed by atoms with Crippen molar-refractivity contribution < 1.29 is 4.74 Å². The summed E-state index contributed by atoms with van der Waals surface area (Å²) in [6.45, 7) is -0.00185. The molecule has 0 unspecified atom stereocenters. The predicted molar refractivity (Wildman–Crippen MR) is 46.1 cm³/mol. The lowest BCUT2D eigenvalue weighted by molar-refractivity contribution is 0.329. The van der Waals surface area contributed by atoms with E-state index in [9.17, 15) is 0 Å². The Morgan fingerprint density at radius 2 is 2.08 bits per heavy atom. The third-order valence-corrected chi connectivity index (χ3v) is 1.42. The summed E-state index contributed by atoms with van der Waals surface area (Å²) < 4.78 is 5.02. The molecule has 1 aromatic rings. The highest BCUT2D eigenvalue weighted by Crippen LogP contribution is 2.15. The maximum atomic E-state index is 7.95. The van der Waals surface area contributed by atoms with Crippen LogP contribution in [0, 0.1) is 0 Å². The van der Waals surface area contributed by atoms with Crippen LogP contribution in [0.2, 0.25) is 5.02 Å². The number of rotatable bonds is 3. The van der Waals surface area contributed by atoms with Crippen molar-refractivity contribution >= 4 is 11.6 Å². The fourth-order valence-corrected chi connectivity index (χ4v) is 0.786. The van der Waals surface area contributed by atoms with Gasteiger partial charge in [0.1, 0.15) is 5.75 Å². The molecule has 0 heterocycles. The van der Waals surface area contributed by atoms with Gasteiger partial charge in [0, 0.05) is 9.93 Å². The maximum absolute atomic E-state index is 7.95. The topological polar surface area (TPSA) is 58.0 Å². The highest BCUT2D eigenvalue weighted by atomic mass is 35.5. The fraction of sp³-hybridized carbons (Fsp3) is 0.143. The van der Waals surface area contributed by atoms with E-state index in [4.69, 9.17) is 21.9 Å². The average molecular weight is 184 g/mol. The van der Waals surface area contributed by atoms with Crippen molar-refractivity contribution in [3.05, 3.63) is 39.7 Å². The normalized spacial score (nSPS) is 8.75. The standard InChI is InChI=1S/C7H6ClN3O/c8-6-1-3-7(4-2-6)12-5-10-11-9/h1-4H,5H2. The number of hydrogen-bond acceptors (Lipinski definition) is 2. The molecule has 1 rings (SSSR count). The van der Waals surface area contributed by atoms with Crippen LogP contribution in [0.5, 0.6) is 5.75 Å². The van der Waals surface area contributed by atoms with E-state index in [0.29, 0.717) is 10.8 Å². The van der Waals surface area contributed by atoms with Gasteiger partial charge in [-0.25, -0.2) is 0 Å². The van der Waals surface area contributed by atoms with Gasteiger partial charge in [0.2, 0.25) is 0 Å². The van der Waals surface area contributed by atoms with Gasteiger partial charge in [-0.2, -0.15) is 0 Å². The second kappa shape index (κ2) is 4.49. The molecule has 0 aliphatic rings. The van der Waals surface area contributed by atoms with Crippen molar-refractivity contribution in [2.24, 2.45) is 5.11 Å². The Morgan fingerprint density at radius 3 is 2.67 bits per heavy atom. The molecule has 0 fully saturated rings. The van der Waals surface area contributed by atoms with E-state index >= 15 is 0 Å². The molecule has 0 saturated heterocycles. The summed E-state index contributed by atoms with van der Waals surface area (Å²) in [6.07, 6.45) is 0. The minimum atomic E-state index is -0.00185. The number of hydrogen-bond donors (Lipinski definition) is 0. The molecule has 0 spiro atoms. The lowest BCUT2D eigenvalue weighted by atomic mass is 10.3. The van der Waals surface area contributed by atoms with E-state index in [1.54, 1.807) is 24.3 Å². The first-order valence-corrected chi connectivity index (χ1v) is 3.60. The smallest absolute Gasteiger partial charge is 0.167 e. The first kappa shape index (κ1) is 8.71. The van der Waals surface area contributed by atoms with Crippen molar-refractivity contribution in [1.82, 2.24) is 0 Å². The SMILES string of the molecule is [N-]=[N+]=NCOc1ccc(Cl)cc1.